The molecule has 2 saturated heterocycles. The summed E-state index contributed by atoms with van der Waals surface area (Å²) in [6, 6.07) is 4.82. The first-order valence-corrected chi connectivity index (χ1v) is 15.0. The number of hydrogen-bond donors (Lipinski definition) is 2. The zero-order valence-corrected chi connectivity index (χ0v) is 25.4. The number of piperazine rings is 1. The zero-order valence-electron chi connectivity index (χ0n) is 25.4. The number of esters is 1. The summed E-state index contributed by atoms with van der Waals surface area (Å²) in [4.78, 5) is 30.7. The van der Waals surface area contributed by atoms with Gasteiger partial charge in [0.15, 0.2) is 0 Å². The summed E-state index contributed by atoms with van der Waals surface area (Å²) in [5.74, 6) is -1.10. The Morgan fingerprint density at radius 3 is 2.55 bits per heavy atom. The monoisotopic (exact) mass is 587 g/mol. The van der Waals surface area contributed by atoms with Gasteiger partial charge in [-0.2, -0.15) is 0 Å². The third kappa shape index (κ3) is 7.90. The molecule has 0 spiro atoms. The number of anilines is 1. The summed E-state index contributed by atoms with van der Waals surface area (Å²) in [6.45, 7) is 8.84. The van der Waals surface area contributed by atoms with Crippen molar-refractivity contribution in [3.8, 4) is 0 Å². The highest BCUT2D eigenvalue weighted by Crippen LogP contribution is 2.32. The highest BCUT2D eigenvalue weighted by molar-refractivity contribution is 5.71. The molecular weight excluding hydrogens is 541 g/mol. The molecule has 4 rings (SSSR count). The molecule has 6 atom stereocenters. The Kier molecular flexibility index (Phi) is 10.7. The van der Waals surface area contributed by atoms with Crippen LogP contribution in [0.5, 0.6) is 0 Å². The second-order valence-electron chi connectivity index (χ2n) is 12.4. The van der Waals surface area contributed by atoms with Crippen LogP contribution in [-0.2, 0) is 14.3 Å². The maximum atomic E-state index is 14.7. The first-order chi connectivity index (χ1) is 19.9. The number of likely N-dealkylation sites (N-methyl/N-ethyl adjacent to an activating group) is 2. The Hall–Kier alpha value is -2.95. The van der Waals surface area contributed by atoms with Crippen LogP contribution in [0.2, 0.25) is 0 Å². The van der Waals surface area contributed by atoms with Crippen molar-refractivity contribution in [3.05, 3.63) is 47.3 Å². The highest BCUT2D eigenvalue weighted by atomic mass is 19.1. The Morgan fingerprint density at radius 1 is 1.14 bits per heavy atom. The van der Waals surface area contributed by atoms with Crippen molar-refractivity contribution in [1.82, 2.24) is 9.80 Å². The molecule has 0 saturated carbocycles. The minimum atomic E-state index is -0.927. The lowest BCUT2D eigenvalue weighted by atomic mass is 9.80. The predicted molar refractivity (Wildman–Crippen MR) is 160 cm³/mol. The topological polar surface area (TPSA) is 103 Å². The van der Waals surface area contributed by atoms with Crippen LogP contribution in [0.3, 0.4) is 0 Å². The van der Waals surface area contributed by atoms with E-state index in [1.165, 1.54) is 17.0 Å². The van der Waals surface area contributed by atoms with Crippen molar-refractivity contribution in [2.45, 2.75) is 64.3 Å². The van der Waals surface area contributed by atoms with E-state index in [0.29, 0.717) is 51.3 Å². The van der Waals surface area contributed by atoms with Crippen molar-refractivity contribution in [2.24, 2.45) is 17.8 Å². The smallest absolute Gasteiger partial charge is 0.407 e. The van der Waals surface area contributed by atoms with E-state index in [2.05, 4.69) is 17.9 Å². The van der Waals surface area contributed by atoms with Crippen molar-refractivity contribution in [1.29, 1.82) is 0 Å². The number of hydrogen-bond acceptors (Lipinski definition) is 7. The van der Waals surface area contributed by atoms with Crippen LogP contribution >= 0.6 is 0 Å². The Morgan fingerprint density at radius 2 is 1.88 bits per heavy atom. The van der Waals surface area contributed by atoms with Gasteiger partial charge in [0.2, 0.25) is 0 Å². The third-order valence-corrected chi connectivity index (χ3v) is 9.02. The molecule has 1 amide bonds. The molecule has 3 aliphatic rings. The van der Waals surface area contributed by atoms with Gasteiger partial charge in [-0.05, 0) is 62.1 Å². The molecule has 0 bridgehead atoms. The molecule has 10 heteroatoms. The second kappa shape index (κ2) is 14.0. The molecule has 42 heavy (non-hydrogen) atoms. The summed E-state index contributed by atoms with van der Waals surface area (Å²) in [7, 11) is 3.92. The van der Waals surface area contributed by atoms with Gasteiger partial charge >= 0.3 is 12.1 Å². The fourth-order valence-corrected chi connectivity index (χ4v) is 6.25. The first kappa shape index (κ1) is 32.0. The summed E-state index contributed by atoms with van der Waals surface area (Å²) in [6.07, 6.45) is 4.44. The van der Waals surface area contributed by atoms with E-state index >= 15 is 0 Å². The van der Waals surface area contributed by atoms with Crippen LogP contribution < -0.4 is 4.90 Å². The van der Waals surface area contributed by atoms with E-state index < -0.39 is 24.3 Å². The Balaban J connectivity index is 1.65. The van der Waals surface area contributed by atoms with E-state index in [1.807, 2.05) is 51.1 Å². The van der Waals surface area contributed by atoms with E-state index in [9.17, 15) is 24.2 Å². The molecule has 3 aliphatic heterocycles. The number of ether oxygens (including phenoxy) is 2. The van der Waals surface area contributed by atoms with Crippen LogP contribution in [0.4, 0.5) is 14.9 Å². The number of cyclic esters (lactones) is 1. The molecule has 9 nitrogen and oxygen atoms in total. The molecule has 0 aromatic heterocycles. The number of aliphatic hydroxyl groups excluding tert-OH is 1. The normalized spacial score (nSPS) is 31.4. The quantitative estimate of drug-likeness (QED) is 0.389. The van der Waals surface area contributed by atoms with Crippen LogP contribution in [0.25, 0.3) is 6.08 Å². The Labute approximate surface area is 248 Å². The van der Waals surface area contributed by atoms with Gasteiger partial charge in [0.05, 0.1) is 37.8 Å². The lowest BCUT2D eigenvalue weighted by Crippen LogP contribution is -2.57. The predicted octanol–water partition coefficient (Wildman–Crippen LogP) is 4.26. The van der Waals surface area contributed by atoms with Gasteiger partial charge in [0.25, 0.3) is 0 Å². The number of rotatable bonds is 5. The molecule has 2 N–H and O–H groups in total. The fraction of sp³-hybridized carbons (Fsp3) is 0.625. The van der Waals surface area contributed by atoms with Crippen LogP contribution in [0, 0.1) is 23.6 Å². The molecule has 0 radical (unpaired) electrons. The number of halogens is 1. The second-order valence-corrected chi connectivity index (χ2v) is 12.4. The fourth-order valence-electron chi connectivity index (χ4n) is 6.25. The number of carbonyl (C=O) groups is 2. The summed E-state index contributed by atoms with van der Waals surface area (Å²) >= 11 is 0. The maximum absolute atomic E-state index is 14.7. The van der Waals surface area contributed by atoms with Gasteiger partial charge in [-0.3, -0.25) is 4.79 Å². The van der Waals surface area contributed by atoms with Crippen molar-refractivity contribution < 1.29 is 33.7 Å². The van der Waals surface area contributed by atoms with Gasteiger partial charge in [-0.25, -0.2) is 9.18 Å². The van der Waals surface area contributed by atoms with Crippen LogP contribution in [-0.4, -0.2) is 103 Å². The van der Waals surface area contributed by atoms with Crippen molar-refractivity contribution >= 4 is 23.8 Å². The van der Waals surface area contributed by atoms with E-state index in [-0.39, 0.29) is 42.1 Å². The Bertz CT molecular complexity index is 1170. The average molecular weight is 588 g/mol. The molecule has 3 heterocycles. The standard InChI is InChI=1S/C32H46FN3O6/c1-20-6-8-27(37)16-30(38)42-31(21(2)7-9-28(20)29-17-34(4)10-11-36(29)32(39)40)22(3)12-23-13-24(33)15-25(14-23)35(5)26-18-41-19-26/h7,9,12-15,20-21,26-29,31,37H,6,8,10-11,16-19H2,1-5H3,(H,39,40)/b9-7+,22-12+/t20-,21-,27+,28-,29?,31-/m0/s1. The number of nitrogens with zero attached hydrogens (tertiary/aromatic N) is 3. The first-order valence-electron chi connectivity index (χ1n) is 15.0. The van der Waals surface area contributed by atoms with Crippen LogP contribution in [0.15, 0.2) is 35.9 Å². The minimum absolute atomic E-state index is 0.0794. The van der Waals surface area contributed by atoms with Gasteiger partial charge in [-0.1, -0.05) is 32.1 Å². The number of amides is 1. The number of carboxylic acid groups (broad SMARTS) is 1. The van der Waals surface area contributed by atoms with E-state index in [1.54, 1.807) is 0 Å². The van der Waals surface area contributed by atoms with E-state index in [4.69, 9.17) is 9.47 Å². The third-order valence-electron chi connectivity index (χ3n) is 9.02. The van der Waals surface area contributed by atoms with Crippen molar-refractivity contribution in [2.75, 3.05) is 51.8 Å². The highest BCUT2D eigenvalue weighted by Gasteiger charge is 2.37. The zero-order chi connectivity index (χ0) is 30.6. The SMILES string of the molecule is C/C(=C\c1cc(F)cc(N(C)C2COC2)c1)[C@H]1OC(=O)C[C@H](O)CC[C@H](C)[C@@H](C2CN(C)CCN2C(=O)O)/C=C/[C@@H]1C. The number of aliphatic hydroxyl groups is 1. The summed E-state index contributed by atoms with van der Waals surface area (Å²) in [5, 5.41) is 20.6. The minimum Gasteiger partial charge on any atom is -0.465 e. The summed E-state index contributed by atoms with van der Waals surface area (Å²) < 4.78 is 25.9. The molecule has 2 fully saturated rings. The van der Waals surface area contributed by atoms with Gasteiger partial charge < -0.3 is 34.4 Å². The van der Waals surface area contributed by atoms with Crippen LogP contribution in [0.1, 0.15) is 45.6 Å². The molecule has 232 valence electrons. The lowest BCUT2D eigenvalue weighted by Gasteiger charge is -2.43. The molecule has 1 unspecified atom stereocenters. The lowest BCUT2D eigenvalue weighted by molar-refractivity contribution is -0.151. The van der Waals surface area contributed by atoms with Crippen molar-refractivity contribution in [3.63, 3.8) is 0 Å². The summed E-state index contributed by atoms with van der Waals surface area (Å²) in [5.41, 5.74) is 2.14. The van der Waals surface area contributed by atoms with Gasteiger partial charge in [-0.15, -0.1) is 0 Å². The maximum Gasteiger partial charge on any atom is 0.407 e. The number of carbonyl (C=O) groups excluding carboxylic acids is 1. The van der Waals surface area contributed by atoms with Gasteiger partial charge in [0.1, 0.15) is 11.9 Å². The molecule has 1 aromatic carbocycles. The number of benzene rings is 1. The molecule has 0 aliphatic carbocycles. The van der Waals surface area contributed by atoms with E-state index in [0.717, 1.165) is 11.3 Å². The van der Waals surface area contributed by atoms with Gasteiger partial charge in [0, 0.05) is 44.2 Å². The molecule has 1 aromatic rings. The average Bonchev–Trinajstić information content (AvgIpc) is 2.88. The molecular formula is C32H46FN3O6. The largest absolute Gasteiger partial charge is 0.465 e.